The van der Waals surface area contributed by atoms with Crippen LogP contribution >= 0.6 is 0 Å². The number of hydrogen-bond acceptors (Lipinski definition) is 5. The number of nitrogens with zero attached hydrogens (tertiary/aromatic N) is 4. The van der Waals surface area contributed by atoms with Crippen molar-refractivity contribution in [2.24, 2.45) is 5.16 Å². The van der Waals surface area contributed by atoms with Crippen LogP contribution in [-0.4, -0.2) is 59.0 Å². The third kappa shape index (κ3) is 3.16. The molecule has 2 aromatic rings. The number of carbonyl (C=O) groups is 1. The van der Waals surface area contributed by atoms with Crippen molar-refractivity contribution in [3.05, 3.63) is 47.3 Å². The van der Waals surface area contributed by atoms with E-state index in [-0.39, 0.29) is 5.91 Å². The second-order valence-electron chi connectivity index (χ2n) is 6.92. The molecule has 2 aliphatic heterocycles. The van der Waals surface area contributed by atoms with Gasteiger partial charge in [0, 0.05) is 44.4 Å². The van der Waals surface area contributed by atoms with Crippen molar-refractivity contribution < 1.29 is 9.63 Å². The molecule has 4 rings (SSSR count). The number of aromatic nitrogens is 2. The highest BCUT2D eigenvalue weighted by atomic mass is 16.6. The molecule has 1 aromatic carbocycles. The van der Waals surface area contributed by atoms with E-state index in [1.165, 1.54) is 5.56 Å². The van der Waals surface area contributed by atoms with Crippen LogP contribution in [0, 0.1) is 13.8 Å². The Morgan fingerprint density at radius 2 is 2.04 bits per heavy atom. The summed E-state index contributed by atoms with van der Waals surface area (Å²) in [6, 6.07) is 6.27. The Morgan fingerprint density at radius 3 is 2.77 bits per heavy atom. The van der Waals surface area contributed by atoms with E-state index >= 15 is 0 Å². The summed E-state index contributed by atoms with van der Waals surface area (Å²) in [7, 11) is 0. The van der Waals surface area contributed by atoms with Gasteiger partial charge >= 0.3 is 0 Å². The Bertz CT molecular complexity index is 822. The van der Waals surface area contributed by atoms with Gasteiger partial charge in [0.1, 0.15) is 0 Å². The SMILES string of the molecule is Cc1ccc(C)c(C2=NOC(C(=O)N3CCN(c4cn[nH]c4)CC3)C2)c1. The molecule has 1 amide bonds. The van der Waals surface area contributed by atoms with Gasteiger partial charge in [0.15, 0.2) is 0 Å². The number of oxime groups is 1. The van der Waals surface area contributed by atoms with E-state index in [0.717, 1.165) is 35.6 Å². The highest BCUT2D eigenvalue weighted by Gasteiger charge is 2.34. The van der Waals surface area contributed by atoms with E-state index in [1.807, 2.05) is 17.3 Å². The third-order valence-electron chi connectivity index (χ3n) is 5.09. The predicted octanol–water partition coefficient (Wildman–Crippen LogP) is 1.87. The van der Waals surface area contributed by atoms with Crippen molar-refractivity contribution >= 4 is 17.3 Å². The molecule has 1 N–H and O–H groups in total. The number of aryl methyl sites for hydroxylation is 2. The number of carbonyl (C=O) groups excluding carboxylic acids is 1. The number of anilines is 1. The first kappa shape index (κ1) is 16.6. The van der Waals surface area contributed by atoms with Gasteiger partial charge in [-0.1, -0.05) is 22.9 Å². The molecular weight excluding hydrogens is 330 g/mol. The van der Waals surface area contributed by atoms with Crippen LogP contribution in [0.25, 0.3) is 0 Å². The number of hydrogen-bond donors (Lipinski definition) is 1. The molecule has 1 fully saturated rings. The highest BCUT2D eigenvalue weighted by molar-refractivity contribution is 6.05. The van der Waals surface area contributed by atoms with Gasteiger partial charge in [-0.3, -0.25) is 9.89 Å². The number of aromatic amines is 1. The minimum absolute atomic E-state index is 0.0286. The van der Waals surface area contributed by atoms with Gasteiger partial charge < -0.3 is 14.6 Å². The van der Waals surface area contributed by atoms with Crippen LogP contribution < -0.4 is 4.90 Å². The molecule has 0 spiro atoms. The first-order valence-electron chi connectivity index (χ1n) is 8.94. The molecule has 0 radical (unpaired) electrons. The number of rotatable bonds is 3. The lowest BCUT2D eigenvalue weighted by Crippen LogP contribution is -2.51. The minimum atomic E-state index is -0.509. The summed E-state index contributed by atoms with van der Waals surface area (Å²) in [5.41, 5.74) is 5.33. The maximum absolute atomic E-state index is 12.8. The lowest BCUT2D eigenvalue weighted by Gasteiger charge is -2.35. The summed E-state index contributed by atoms with van der Waals surface area (Å²) in [6.45, 7) is 7.07. The Kier molecular flexibility index (Phi) is 4.36. The predicted molar refractivity (Wildman–Crippen MR) is 99.3 cm³/mol. The summed E-state index contributed by atoms with van der Waals surface area (Å²) >= 11 is 0. The van der Waals surface area contributed by atoms with Gasteiger partial charge in [0.05, 0.1) is 17.6 Å². The first-order chi connectivity index (χ1) is 12.6. The number of nitrogens with one attached hydrogen (secondary N) is 1. The zero-order valence-electron chi connectivity index (χ0n) is 15.1. The lowest BCUT2D eigenvalue weighted by atomic mass is 9.98. The second-order valence-corrected chi connectivity index (χ2v) is 6.92. The molecule has 2 aliphatic rings. The topological polar surface area (TPSA) is 73.8 Å². The van der Waals surface area contributed by atoms with Gasteiger partial charge in [0.2, 0.25) is 6.10 Å². The van der Waals surface area contributed by atoms with E-state index in [2.05, 4.69) is 52.3 Å². The number of benzene rings is 1. The third-order valence-corrected chi connectivity index (χ3v) is 5.09. The number of H-pyrrole nitrogens is 1. The summed E-state index contributed by atoms with van der Waals surface area (Å²) in [5, 5.41) is 11.0. The molecule has 1 unspecified atom stereocenters. The highest BCUT2D eigenvalue weighted by Crippen LogP contribution is 2.23. The van der Waals surface area contributed by atoms with Crippen molar-refractivity contribution in [3.63, 3.8) is 0 Å². The summed E-state index contributed by atoms with van der Waals surface area (Å²) in [6.07, 6.45) is 3.71. The van der Waals surface area contributed by atoms with E-state index in [1.54, 1.807) is 0 Å². The maximum Gasteiger partial charge on any atom is 0.267 e. The van der Waals surface area contributed by atoms with Crippen LogP contribution in [0.15, 0.2) is 35.7 Å². The Balaban J connectivity index is 1.36. The fraction of sp³-hybridized carbons (Fsp3) is 0.421. The van der Waals surface area contributed by atoms with Crippen LogP contribution in [-0.2, 0) is 9.63 Å². The molecule has 7 heteroatoms. The van der Waals surface area contributed by atoms with E-state index in [9.17, 15) is 4.79 Å². The smallest absolute Gasteiger partial charge is 0.267 e. The van der Waals surface area contributed by atoms with Gasteiger partial charge in [-0.05, 0) is 25.5 Å². The van der Waals surface area contributed by atoms with Crippen molar-refractivity contribution in [3.8, 4) is 0 Å². The second kappa shape index (κ2) is 6.82. The molecule has 1 atom stereocenters. The zero-order chi connectivity index (χ0) is 18.1. The van der Waals surface area contributed by atoms with Gasteiger partial charge in [0.25, 0.3) is 5.91 Å². The van der Waals surface area contributed by atoms with Crippen LogP contribution in [0.3, 0.4) is 0 Å². The molecule has 3 heterocycles. The minimum Gasteiger partial charge on any atom is -0.382 e. The molecule has 0 aliphatic carbocycles. The molecule has 7 nitrogen and oxygen atoms in total. The van der Waals surface area contributed by atoms with Crippen molar-refractivity contribution in [2.75, 3.05) is 31.1 Å². The van der Waals surface area contributed by atoms with E-state index in [4.69, 9.17) is 4.84 Å². The molecular formula is C19H23N5O2. The van der Waals surface area contributed by atoms with E-state index in [0.29, 0.717) is 19.5 Å². The normalized spacial score (nSPS) is 20.1. The summed E-state index contributed by atoms with van der Waals surface area (Å²) < 4.78 is 0. The van der Waals surface area contributed by atoms with Gasteiger partial charge in [-0.25, -0.2) is 0 Å². The Labute approximate surface area is 152 Å². The fourth-order valence-corrected chi connectivity index (χ4v) is 3.52. The molecule has 0 saturated carbocycles. The maximum atomic E-state index is 12.8. The average Bonchev–Trinajstić information content (AvgIpc) is 3.35. The summed E-state index contributed by atoms with van der Waals surface area (Å²) in [4.78, 5) is 22.4. The van der Waals surface area contributed by atoms with Crippen LogP contribution in [0.2, 0.25) is 0 Å². The van der Waals surface area contributed by atoms with Crippen molar-refractivity contribution in [1.29, 1.82) is 0 Å². The Hall–Kier alpha value is -2.83. The van der Waals surface area contributed by atoms with Crippen molar-refractivity contribution in [2.45, 2.75) is 26.4 Å². The zero-order valence-corrected chi connectivity index (χ0v) is 15.1. The molecule has 136 valence electrons. The monoisotopic (exact) mass is 353 g/mol. The average molecular weight is 353 g/mol. The van der Waals surface area contributed by atoms with Crippen LogP contribution in [0.1, 0.15) is 23.1 Å². The molecule has 1 saturated heterocycles. The number of amides is 1. The standard InChI is InChI=1S/C19H23N5O2/c1-13-3-4-14(2)16(9-13)17-10-18(26-22-17)19(25)24-7-5-23(6-8-24)15-11-20-21-12-15/h3-4,9,11-12,18H,5-8,10H2,1-2H3,(H,20,21). The largest absolute Gasteiger partial charge is 0.382 e. The van der Waals surface area contributed by atoms with Gasteiger partial charge in [-0.2, -0.15) is 5.10 Å². The first-order valence-corrected chi connectivity index (χ1v) is 8.94. The number of piperazine rings is 1. The summed E-state index contributed by atoms with van der Waals surface area (Å²) in [5.74, 6) is 0.0286. The van der Waals surface area contributed by atoms with Crippen LogP contribution in [0.5, 0.6) is 0 Å². The molecule has 26 heavy (non-hydrogen) atoms. The fourth-order valence-electron chi connectivity index (χ4n) is 3.52. The lowest BCUT2D eigenvalue weighted by molar-refractivity contribution is -0.142. The quantitative estimate of drug-likeness (QED) is 0.914. The van der Waals surface area contributed by atoms with Crippen molar-refractivity contribution in [1.82, 2.24) is 15.1 Å². The Morgan fingerprint density at radius 1 is 1.23 bits per heavy atom. The van der Waals surface area contributed by atoms with E-state index < -0.39 is 6.10 Å². The molecule has 1 aromatic heterocycles. The van der Waals surface area contributed by atoms with Gasteiger partial charge in [-0.15, -0.1) is 0 Å². The molecule has 0 bridgehead atoms. The van der Waals surface area contributed by atoms with Crippen LogP contribution in [0.4, 0.5) is 5.69 Å².